The summed E-state index contributed by atoms with van der Waals surface area (Å²) in [4.78, 5) is 24.9. The van der Waals surface area contributed by atoms with Crippen molar-refractivity contribution in [2.75, 3.05) is 0 Å². The number of carboxylic acids is 2. The second-order valence-corrected chi connectivity index (χ2v) is 10.8. The minimum absolute atomic E-state index is 0.961. The molecule has 0 radical (unpaired) electrons. The van der Waals surface area contributed by atoms with Crippen LogP contribution in [0.5, 0.6) is 0 Å². The van der Waals surface area contributed by atoms with Gasteiger partial charge in [-0.1, -0.05) is 19.6 Å². The van der Waals surface area contributed by atoms with Crippen molar-refractivity contribution in [3.63, 3.8) is 0 Å². The quantitative estimate of drug-likeness (QED) is 0.626. The van der Waals surface area contributed by atoms with Crippen molar-refractivity contribution in [1.82, 2.24) is 4.98 Å². The number of pyridine rings is 1. The number of carboxylic acid groups (broad SMARTS) is 2. The molecule has 0 aliphatic heterocycles. The average Bonchev–Trinajstić information content (AvgIpc) is 2.32. The van der Waals surface area contributed by atoms with Crippen LogP contribution in [0.1, 0.15) is 32.1 Å². The summed E-state index contributed by atoms with van der Waals surface area (Å²) in [5.74, 6) is -4.38. The van der Waals surface area contributed by atoms with E-state index in [2.05, 4.69) is 4.98 Å². The lowest BCUT2D eigenvalue weighted by Crippen LogP contribution is -2.48. The zero-order valence-corrected chi connectivity index (χ0v) is 13.4. The summed E-state index contributed by atoms with van der Waals surface area (Å²) in [7, 11) is -3.27. The number of hydrogen-bond acceptors (Lipinski definition) is 3. The van der Waals surface area contributed by atoms with Crippen LogP contribution in [0.25, 0.3) is 0 Å². The number of aromatic carboxylic acids is 2. The second-order valence-electron chi connectivity index (χ2n) is 5.79. The monoisotopic (exact) mass is 375 g/mol. The molecule has 1 aromatic rings. The molecular formula is C12H11F6NO4Si. The van der Waals surface area contributed by atoms with E-state index in [-0.39, 0.29) is 0 Å². The Morgan fingerprint density at radius 2 is 1.12 bits per heavy atom. The molecule has 0 saturated heterocycles. The highest BCUT2D eigenvalue weighted by atomic mass is 28.3. The molecule has 0 unspecified atom stereocenters. The Morgan fingerprint density at radius 1 is 0.833 bits per heavy atom. The number of rotatable bonds is 3. The van der Waals surface area contributed by atoms with Crippen molar-refractivity contribution in [3.05, 3.63) is 22.5 Å². The zero-order valence-electron chi connectivity index (χ0n) is 12.4. The largest absolute Gasteiger partial charge is 0.478 e. The molecule has 0 fully saturated rings. The Balaban J connectivity index is 4.28. The van der Waals surface area contributed by atoms with Gasteiger partial charge >= 0.3 is 24.3 Å². The predicted octanol–water partition coefficient (Wildman–Crippen LogP) is 3.06. The van der Waals surface area contributed by atoms with Gasteiger partial charge in [-0.15, -0.1) is 0 Å². The van der Waals surface area contributed by atoms with Crippen molar-refractivity contribution in [1.29, 1.82) is 0 Å². The van der Waals surface area contributed by atoms with E-state index >= 15 is 0 Å². The molecule has 134 valence electrons. The van der Waals surface area contributed by atoms with Gasteiger partial charge in [0.1, 0.15) is 0 Å². The van der Waals surface area contributed by atoms with Gasteiger partial charge in [0, 0.05) is 0 Å². The Morgan fingerprint density at radius 3 is 1.29 bits per heavy atom. The lowest BCUT2D eigenvalue weighted by Gasteiger charge is -2.26. The third-order valence-corrected chi connectivity index (χ3v) is 4.91. The Labute approximate surface area is 131 Å². The van der Waals surface area contributed by atoms with Crippen molar-refractivity contribution < 1.29 is 46.1 Å². The van der Waals surface area contributed by atoms with Crippen LogP contribution in [-0.4, -0.2) is 35.2 Å². The van der Waals surface area contributed by atoms with Gasteiger partial charge in [0.15, 0.2) is 11.4 Å². The molecule has 0 atom stereocenters. The summed E-state index contributed by atoms with van der Waals surface area (Å²) < 4.78 is 78.3. The first-order valence-corrected chi connectivity index (χ1v) is 9.69. The van der Waals surface area contributed by atoms with E-state index in [1.165, 1.54) is 19.6 Å². The van der Waals surface area contributed by atoms with E-state index < -0.39 is 60.1 Å². The lowest BCUT2D eigenvalue weighted by molar-refractivity contribution is -0.150. The normalized spacial score (nSPS) is 13.0. The van der Waals surface area contributed by atoms with Crippen LogP contribution < -0.4 is 5.19 Å². The number of alkyl halides is 6. The SMILES string of the molecule is C[Si](C)(C)c1c(C(=O)O)c(C(F)(F)F)nc(C(F)(F)F)c1C(=O)O. The van der Waals surface area contributed by atoms with E-state index in [9.17, 15) is 35.9 Å². The van der Waals surface area contributed by atoms with E-state index in [0.29, 0.717) is 0 Å². The van der Waals surface area contributed by atoms with Crippen LogP contribution in [0.4, 0.5) is 26.3 Å². The zero-order chi connectivity index (χ0) is 19.2. The average molecular weight is 375 g/mol. The molecule has 1 aromatic heterocycles. The summed E-state index contributed by atoms with van der Waals surface area (Å²) >= 11 is 0. The maximum Gasteiger partial charge on any atom is 0.434 e. The minimum atomic E-state index is -5.50. The fraction of sp³-hybridized carbons (Fsp3) is 0.417. The summed E-state index contributed by atoms with van der Waals surface area (Å²) in [5, 5.41) is 17.2. The molecule has 0 aliphatic carbocycles. The molecule has 0 aromatic carbocycles. The maximum absolute atomic E-state index is 13.1. The Hall–Kier alpha value is -2.11. The minimum Gasteiger partial charge on any atom is -0.478 e. The third kappa shape index (κ3) is 3.68. The van der Waals surface area contributed by atoms with Crippen molar-refractivity contribution in [2.24, 2.45) is 0 Å². The van der Waals surface area contributed by atoms with Crippen LogP contribution >= 0.6 is 0 Å². The molecule has 0 bridgehead atoms. The lowest BCUT2D eigenvalue weighted by atomic mass is 10.1. The highest BCUT2D eigenvalue weighted by Crippen LogP contribution is 2.37. The smallest absolute Gasteiger partial charge is 0.434 e. The van der Waals surface area contributed by atoms with Crippen molar-refractivity contribution in [3.8, 4) is 0 Å². The third-order valence-electron chi connectivity index (χ3n) is 2.91. The standard InChI is InChI=1S/C12H11F6NO4Si/c1-24(2,3)6-4(9(20)21)7(11(13,14)15)19-8(12(16,17)18)5(6)10(22)23/h1-3H3,(H,20,21)(H,22,23). The summed E-state index contributed by atoms with van der Waals surface area (Å²) in [6.07, 6.45) is -11.0. The van der Waals surface area contributed by atoms with Crippen LogP contribution in [0.15, 0.2) is 0 Å². The summed E-state index contributed by atoms with van der Waals surface area (Å²) in [6, 6.07) is 0. The topological polar surface area (TPSA) is 87.5 Å². The first kappa shape index (κ1) is 19.9. The molecule has 1 heterocycles. The van der Waals surface area contributed by atoms with Gasteiger partial charge in [0.25, 0.3) is 0 Å². The van der Waals surface area contributed by atoms with Crippen LogP contribution in [0.2, 0.25) is 19.6 Å². The highest BCUT2D eigenvalue weighted by molar-refractivity contribution is 6.90. The first-order valence-electron chi connectivity index (χ1n) is 6.19. The van der Waals surface area contributed by atoms with Gasteiger partial charge in [-0.25, -0.2) is 14.6 Å². The van der Waals surface area contributed by atoms with Crippen LogP contribution in [0, 0.1) is 0 Å². The number of halogens is 6. The van der Waals surface area contributed by atoms with Gasteiger partial charge in [-0.2, -0.15) is 26.3 Å². The van der Waals surface area contributed by atoms with Crippen molar-refractivity contribution >= 4 is 25.2 Å². The second kappa shape index (κ2) is 5.75. The predicted molar refractivity (Wildman–Crippen MR) is 71.1 cm³/mol. The van der Waals surface area contributed by atoms with Gasteiger partial charge in [-0.3, -0.25) is 0 Å². The van der Waals surface area contributed by atoms with Crippen molar-refractivity contribution in [2.45, 2.75) is 32.0 Å². The fourth-order valence-corrected chi connectivity index (χ4v) is 4.11. The molecule has 0 saturated carbocycles. The molecule has 0 aliphatic rings. The van der Waals surface area contributed by atoms with E-state index in [4.69, 9.17) is 10.2 Å². The molecule has 1 rings (SSSR count). The number of carbonyl (C=O) groups is 2. The Bertz CT molecular complexity index is 655. The highest BCUT2D eigenvalue weighted by Gasteiger charge is 2.48. The van der Waals surface area contributed by atoms with Gasteiger partial charge in [0.05, 0.1) is 19.2 Å². The molecule has 0 spiro atoms. The van der Waals surface area contributed by atoms with Crippen LogP contribution in [-0.2, 0) is 12.4 Å². The molecule has 12 heteroatoms. The van der Waals surface area contributed by atoms with Gasteiger partial charge < -0.3 is 10.2 Å². The molecule has 2 N–H and O–H groups in total. The molecular weight excluding hydrogens is 364 g/mol. The number of aromatic nitrogens is 1. The van der Waals surface area contributed by atoms with E-state index in [1.807, 2.05) is 0 Å². The van der Waals surface area contributed by atoms with Gasteiger partial charge in [-0.05, 0) is 5.19 Å². The summed E-state index contributed by atoms with van der Waals surface area (Å²) in [6.45, 7) is 3.71. The summed E-state index contributed by atoms with van der Waals surface area (Å²) in [5.41, 5.74) is -7.62. The van der Waals surface area contributed by atoms with Crippen LogP contribution in [0.3, 0.4) is 0 Å². The van der Waals surface area contributed by atoms with Gasteiger partial charge in [0.2, 0.25) is 0 Å². The molecule has 5 nitrogen and oxygen atoms in total. The Kier molecular flexibility index (Phi) is 4.78. The van der Waals surface area contributed by atoms with E-state index in [0.717, 1.165) is 0 Å². The van der Waals surface area contributed by atoms with E-state index in [1.54, 1.807) is 0 Å². The molecule has 24 heavy (non-hydrogen) atoms. The fourth-order valence-electron chi connectivity index (χ4n) is 2.16. The maximum atomic E-state index is 13.1. The number of hydrogen-bond donors (Lipinski definition) is 2. The first-order chi connectivity index (χ1) is 10.5. The number of nitrogens with zero attached hydrogens (tertiary/aromatic N) is 1. The molecule has 0 amide bonds.